The zero-order valence-electron chi connectivity index (χ0n) is 12.4. The van der Waals surface area contributed by atoms with Crippen molar-refractivity contribution in [3.63, 3.8) is 0 Å². The second-order valence-corrected chi connectivity index (χ2v) is 6.73. The lowest BCUT2D eigenvalue weighted by molar-refractivity contribution is -0.130. The maximum Gasteiger partial charge on any atom is 0.187 e. The molecule has 23 heavy (non-hydrogen) atoms. The van der Waals surface area contributed by atoms with Gasteiger partial charge < -0.3 is 4.90 Å². The minimum atomic E-state index is -0.172. The molecule has 1 heterocycles. The second-order valence-electron chi connectivity index (χ2n) is 6.30. The maximum atomic E-state index is 12.6. The maximum absolute atomic E-state index is 12.6. The summed E-state index contributed by atoms with van der Waals surface area (Å²) in [6, 6.07) is 6.62. The fourth-order valence-corrected chi connectivity index (χ4v) is 3.90. The van der Waals surface area contributed by atoms with Gasteiger partial charge in [-0.25, -0.2) is 0 Å². The Morgan fingerprint density at radius 2 is 1.87 bits per heavy atom. The smallest absolute Gasteiger partial charge is 0.187 e. The van der Waals surface area contributed by atoms with Crippen LogP contribution in [-0.2, 0) is 4.79 Å². The lowest BCUT2D eigenvalue weighted by Gasteiger charge is -2.41. The first-order valence-electron chi connectivity index (χ1n) is 7.79. The number of benzene rings is 1. The van der Waals surface area contributed by atoms with E-state index in [1.165, 1.54) is 6.08 Å². The summed E-state index contributed by atoms with van der Waals surface area (Å²) >= 11 is 5.83. The predicted molar refractivity (Wildman–Crippen MR) is 88.9 cm³/mol. The van der Waals surface area contributed by atoms with Gasteiger partial charge in [-0.1, -0.05) is 29.8 Å². The highest BCUT2D eigenvalue weighted by Crippen LogP contribution is 2.43. The minimum Gasteiger partial charge on any atom is -0.343 e. The molecular weight excluding hydrogens is 310 g/mol. The minimum absolute atomic E-state index is 0.00613. The fraction of sp³-hybridized carbons (Fsp3) is 0.263. The molecule has 0 radical (unpaired) electrons. The summed E-state index contributed by atoms with van der Waals surface area (Å²) in [6.07, 6.45) is 12.5. The Balaban J connectivity index is 1.55. The summed E-state index contributed by atoms with van der Waals surface area (Å²) in [7, 11) is 0. The standard InChI is InChI=1S/C19H16ClNO2/c20-15-5-3-12(4-6-15)17(22)8-10-21-9-7-16-13-1-2-14(11-13)18(21)19(16)23/h1-10,13-14,16,18H,11H2/b10-8+. The molecule has 1 fully saturated rings. The number of rotatable bonds is 3. The summed E-state index contributed by atoms with van der Waals surface area (Å²) in [4.78, 5) is 26.7. The van der Waals surface area contributed by atoms with Crippen molar-refractivity contribution in [2.24, 2.45) is 17.8 Å². The monoisotopic (exact) mass is 325 g/mol. The summed E-state index contributed by atoms with van der Waals surface area (Å²) < 4.78 is 0. The number of halogens is 1. The Bertz CT molecular complexity index is 747. The molecule has 1 aromatic rings. The molecule has 2 aliphatic carbocycles. The zero-order valence-corrected chi connectivity index (χ0v) is 13.2. The topological polar surface area (TPSA) is 37.4 Å². The van der Waals surface area contributed by atoms with Crippen molar-refractivity contribution in [1.82, 2.24) is 4.90 Å². The van der Waals surface area contributed by atoms with Gasteiger partial charge in [-0.15, -0.1) is 0 Å². The predicted octanol–water partition coefficient (Wildman–Crippen LogP) is 3.63. The number of hydrogen-bond donors (Lipinski definition) is 0. The van der Waals surface area contributed by atoms with Crippen LogP contribution in [0, 0.1) is 17.8 Å². The van der Waals surface area contributed by atoms with Gasteiger partial charge in [0.2, 0.25) is 0 Å². The van der Waals surface area contributed by atoms with Gasteiger partial charge in [-0.05, 0) is 36.6 Å². The van der Waals surface area contributed by atoms with Crippen molar-refractivity contribution >= 4 is 23.2 Å². The van der Waals surface area contributed by atoms with Crippen LogP contribution in [0.5, 0.6) is 0 Å². The van der Waals surface area contributed by atoms with Crippen LogP contribution in [0.4, 0.5) is 0 Å². The molecule has 1 aliphatic heterocycles. The number of nitrogens with zero attached hydrogens (tertiary/aromatic N) is 1. The van der Waals surface area contributed by atoms with E-state index in [2.05, 4.69) is 12.2 Å². The Morgan fingerprint density at radius 1 is 1.13 bits per heavy atom. The van der Waals surface area contributed by atoms with Crippen LogP contribution < -0.4 is 0 Å². The SMILES string of the molecule is O=C(/C=C/N1C=CC2C(=O)C1C1C=CC2C1)c1ccc(Cl)cc1. The Kier molecular flexibility index (Phi) is 3.46. The molecule has 116 valence electrons. The first kappa shape index (κ1) is 14.5. The van der Waals surface area contributed by atoms with Gasteiger partial charge in [0.05, 0.1) is 6.04 Å². The fourth-order valence-electron chi connectivity index (χ4n) is 3.77. The van der Waals surface area contributed by atoms with E-state index < -0.39 is 0 Å². The van der Waals surface area contributed by atoms with Crippen LogP contribution in [0.25, 0.3) is 0 Å². The average Bonchev–Trinajstić information content (AvgIpc) is 2.99. The highest BCUT2D eigenvalue weighted by molar-refractivity contribution is 6.30. The Hall–Kier alpha value is -2.13. The summed E-state index contributed by atoms with van der Waals surface area (Å²) in [5, 5.41) is 0.603. The summed E-state index contributed by atoms with van der Waals surface area (Å²) in [5.74, 6) is 0.792. The molecule has 0 saturated heterocycles. The van der Waals surface area contributed by atoms with E-state index in [1.54, 1.807) is 30.5 Å². The molecular formula is C19H16ClNO2. The van der Waals surface area contributed by atoms with E-state index in [-0.39, 0.29) is 29.4 Å². The van der Waals surface area contributed by atoms with Crippen molar-refractivity contribution < 1.29 is 9.59 Å². The number of fused-ring (bicyclic) bond motifs is 6. The van der Waals surface area contributed by atoms with Crippen LogP contribution in [0.1, 0.15) is 16.8 Å². The third-order valence-corrected chi connectivity index (χ3v) is 5.20. The van der Waals surface area contributed by atoms with Crippen LogP contribution in [0.2, 0.25) is 5.02 Å². The summed E-state index contributed by atoms with van der Waals surface area (Å²) in [6.45, 7) is 0. The molecule has 3 aliphatic rings. The Morgan fingerprint density at radius 3 is 2.65 bits per heavy atom. The van der Waals surface area contributed by atoms with Gasteiger partial charge in [-0.2, -0.15) is 0 Å². The lowest BCUT2D eigenvalue weighted by atomic mass is 9.73. The number of ketones is 2. The number of Topliss-reactive ketones (excluding diaryl/α,β-unsaturated/α-hetero) is 1. The molecule has 0 N–H and O–H groups in total. The highest BCUT2D eigenvalue weighted by Gasteiger charge is 2.47. The van der Waals surface area contributed by atoms with E-state index in [0.717, 1.165) is 6.42 Å². The molecule has 0 aromatic heterocycles. The number of hydrogen-bond acceptors (Lipinski definition) is 3. The number of allylic oxidation sites excluding steroid dienone is 3. The first-order chi connectivity index (χ1) is 11.1. The van der Waals surface area contributed by atoms with Crippen molar-refractivity contribution in [2.45, 2.75) is 12.5 Å². The third kappa shape index (κ3) is 2.45. The van der Waals surface area contributed by atoms with Gasteiger partial charge in [0.25, 0.3) is 0 Å². The van der Waals surface area contributed by atoms with Gasteiger partial charge in [0, 0.05) is 40.9 Å². The van der Waals surface area contributed by atoms with Gasteiger partial charge >= 0.3 is 0 Å². The van der Waals surface area contributed by atoms with Gasteiger partial charge in [0.15, 0.2) is 11.6 Å². The molecule has 4 heteroatoms. The molecule has 1 saturated carbocycles. The van der Waals surface area contributed by atoms with E-state index in [1.807, 2.05) is 17.2 Å². The normalized spacial score (nSPS) is 31.2. The molecule has 1 aromatic carbocycles. The quantitative estimate of drug-likeness (QED) is 0.484. The lowest BCUT2D eigenvalue weighted by Crippen LogP contribution is -2.50. The van der Waals surface area contributed by atoms with E-state index in [0.29, 0.717) is 16.5 Å². The number of carbonyl (C=O) groups is 2. The van der Waals surface area contributed by atoms with Crippen molar-refractivity contribution in [2.75, 3.05) is 0 Å². The van der Waals surface area contributed by atoms with Crippen molar-refractivity contribution in [3.8, 4) is 0 Å². The Labute approximate surface area is 139 Å². The van der Waals surface area contributed by atoms with Gasteiger partial charge in [0.1, 0.15) is 0 Å². The van der Waals surface area contributed by atoms with E-state index in [9.17, 15) is 9.59 Å². The van der Waals surface area contributed by atoms with Crippen LogP contribution in [-0.4, -0.2) is 22.5 Å². The first-order valence-corrected chi connectivity index (χ1v) is 8.17. The third-order valence-electron chi connectivity index (χ3n) is 4.95. The molecule has 3 nitrogen and oxygen atoms in total. The van der Waals surface area contributed by atoms with E-state index in [4.69, 9.17) is 11.6 Å². The molecule has 0 spiro atoms. The van der Waals surface area contributed by atoms with Crippen molar-refractivity contribution in [3.05, 3.63) is 71.6 Å². The summed E-state index contributed by atoms with van der Waals surface area (Å²) in [5.41, 5.74) is 0.584. The zero-order chi connectivity index (χ0) is 16.0. The number of carbonyl (C=O) groups excluding carboxylic acids is 2. The molecule has 4 rings (SSSR count). The van der Waals surface area contributed by atoms with Crippen LogP contribution >= 0.6 is 11.6 Å². The average molecular weight is 326 g/mol. The molecule has 4 bridgehead atoms. The van der Waals surface area contributed by atoms with Crippen LogP contribution in [0.3, 0.4) is 0 Å². The van der Waals surface area contributed by atoms with Gasteiger partial charge in [-0.3, -0.25) is 9.59 Å². The van der Waals surface area contributed by atoms with Crippen molar-refractivity contribution in [1.29, 1.82) is 0 Å². The second kappa shape index (κ2) is 5.50. The largest absolute Gasteiger partial charge is 0.343 e. The van der Waals surface area contributed by atoms with E-state index >= 15 is 0 Å². The molecule has 4 atom stereocenters. The molecule has 0 amide bonds. The molecule has 4 unspecified atom stereocenters. The highest BCUT2D eigenvalue weighted by atomic mass is 35.5. The van der Waals surface area contributed by atoms with Crippen LogP contribution in [0.15, 0.2) is 61.0 Å².